The molecule has 0 unspecified atom stereocenters. The van der Waals surface area contributed by atoms with Crippen LogP contribution in [0.5, 0.6) is 0 Å². The zero-order valence-corrected chi connectivity index (χ0v) is 13.8. The van der Waals surface area contributed by atoms with Gasteiger partial charge < -0.3 is 5.32 Å². The average molecular weight is 361 g/mol. The lowest BCUT2D eigenvalue weighted by molar-refractivity contribution is 0.570. The van der Waals surface area contributed by atoms with Gasteiger partial charge in [0.2, 0.25) is 0 Å². The normalized spacial score (nSPS) is 11.7. The number of nitrogens with zero attached hydrogens (tertiary/aromatic N) is 1. The summed E-state index contributed by atoms with van der Waals surface area (Å²) in [5, 5.41) is 5.55. The SMILES string of the molecule is CC(C)(C)c1csc(CNc2c(F)cc(Br)cc2F)n1. The van der Waals surface area contributed by atoms with Gasteiger partial charge in [-0.25, -0.2) is 13.8 Å². The Hall–Kier alpha value is -1.01. The van der Waals surface area contributed by atoms with E-state index in [2.05, 4.69) is 47.0 Å². The van der Waals surface area contributed by atoms with Crippen LogP contribution >= 0.6 is 27.3 Å². The zero-order chi connectivity index (χ0) is 14.9. The summed E-state index contributed by atoms with van der Waals surface area (Å²) < 4.78 is 27.7. The molecule has 0 fully saturated rings. The van der Waals surface area contributed by atoms with Gasteiger partial charge in [0.15, 0.2) is 0 Å². The number of thiazole rings is 1. The Bertz CT molecular complexity index is 597. The molecule has 0 radical (unpaired) electrons. The van der Waals surface area contributed by atoms with Gasteiger partial charge in [-0.3, -0.25) is 0 Å². The minimum atomic E-state index is -0.621. The van der Waals surface area contributed by atoms with Gasteiger partial charge in [0.1, 0.15) is 22.3 Å². The Balaban J connectivity index is 2.12. The molecule has 1 aromatic carbocycles. The van der Waals surface area contributed by atoms with Crippen LogP contribution in [0.4, 0.5) is 14.5 Å². The molecule has 0 amide bonds. The topological polar surface area (TPSA) is 24.9 Å². The molecule has 0 spiro atoms. The van der Waals surface area contributed by atoms with Crippen LogP contribution in [-0.4, -0.2) is 4.98 Å². The van der Waals surface area contributed by atoms with Crippen molar-refractivity contribution in [2.45, 2.75) is 32.7 Å². The number of nitrogens with one attached hydrogen (secondary N) is 1. The molecule has 1 N–H and O–H groups in total. The van der Waals surface area contributed by atoms with Gasteiger partial charge in [-0.05, 0) is 12.1 Å². The van der Waals surface area contributed by atoms with Crippen LogP contribution in [0.2, 0.25) is 0 Å². The maximum Gasteiger partial charge on any atom is 0.150 e. The molecule has 1 heterocycles. The predicted molar refractivity (Wildman–Crippen MR) is 82.2 cm³/mol. The molecule has 0 aliphatic carbocycles. The average Bonchev–Trinajstić information content (AvgIpc) is 2.75. The largest absolute Gasteiger partial charge is 0.374 e. The van der Waals surface area contributed by atoms with Gasteiger partial charge in [0, 0.05) is 15.3 Å². The Kier molecular flexibility index (Phi) is 4.44. The third kappa shape index (κ3) is 3.55. The highest BCUT2D eigenvalue weighted by Crippen LogP contribution is 2.26. The molecule has 108 valence electrons. The van der Waals surface area contributed by atoms with Crippen molar-refractivity contribution in [3.8, 4) is 0 Å². The number of hydrogen-bond acceptors (Lipinski definition) is 3. The van der Waals surface area contributed by atoms with E-state index in [-0.39, 0.29) is 11.1 Å². The molecule has 1 aromatic heterocycles. The zero-order valence-electron chi connectivity index (χ0n) is 11.4. The van der Waals surface area contributed by atoms with Crippen LogP contribution in [0.3, 0.4) is 0 Å². The van der Waals surface area contributed by atoms with Crippen molar-refractivity contribution < 1.29 is 8.78 Å². The Morgan fingerprint density at radius 3 is 2.35 bits per heavy atom. The van der Waals surface area contributed by atoms with Crippen LogP contribution in [0.1, 0.15) is 31.5 Å². The van der Waals surface area contributed by atoms with Crippen LogP contribution in [0.25, 0.3) is 0 Å². The maximum absolute atomic E-state index is 13.7. The molecule has 20 heavy (non-hydrogen) atoms. The van der Waals surface area contributed by atoms with Crippen molar-refractivity contribution in [2.75, 3.05) is 5.32 Å². The first-order valence-electron chi connectivity index (χ1n) is 6.10. The van der Waals surface area contributed by atoms with Crippen molar-refractivity contribution in [3.05, 3.63) is 44.3 Å². The molecule has 2 aromatic rings. The van der Waals surface area contributed by atoms with E-state index in [1.165, 1.54) is 23.5 Å². The minimum absolute atomic E-state index is 0.0249. The number of anilines is 1. The number of hydrogen-bond donors (Lipinski definition) is 1. The van der Waals surface area contributed by atoms with E-state index in [0.29, 0.717) is 11.0 Å². The fourth-order valence-corrected chi connectivity index (χ4v) is 2.97. The summed E-state index contributed by atoms with van der Waals surface area (Å²) in [7, 11) is 0. The summed E-state index contributed by atoms with van der Waals surface area (Å²) >= 11 is 4.53. The standard InChI is InChI=1S/C14H15BrF2N2S/c1-14(2,3)11-7-20-12(19-11)6-18-13-9(16)4-8(15)5-10(13)17/h4-5,7,18H,6H2,1-3H3. The second-order valence-corrected chi connectivity index (χ2v) is 7.33. The van der Waals surface area contributed by atoms with Crippen molar-refractivity contribution in [1.82, 2.24) is 4.98 Å². The minimum Gasteiger partial charge on any atom is -0.374 e. The van der Waals surface area contributed by atoms with Gasteiger partial charge >= 0.3 is 0 Å². The highest BCUT2D eigenvalue weighted by Gasteiger charge is 2.17. The van der Waals surface area contributed by atoms with E-state index in [1.54, 1.807) is 0 Å². The summed E-state index contributed by atoms with van der Waals surface area (Å²) in [6.07, 6.45) is 0. The lowest BCUT2D eigenvalue weighted by Crippen LogP contribution is -2.12. The molecule has 2 rings (SSSR count). The first-order valence-corrected chi connectivity index (χ1v) is 7.78. The van der Waals surface area contributed by atoms with Crippen LogP contribution in [0.15, 0.2) is 22.0 Å². The fraction of sp³-hybridized carbons (Fsp3) is 0.357. The van der Waals surface area contributed by atoms with Gasteiger partial charge in [0.05, 0.1) is 12.2 Å². The maximum atomic E-state index is 13.7. The van der Waals surface area contributed by atoms with Crippen LogP contribution < -0.4 is 5.32 Å². The van der Waals surface area contributed by atoms with Gasteiger partial charge in [-0.15, -0.1) is 11.3 Å². The number of benzene rings is 1. The molecule has 6 heteroatoms. The molecule has 0 saturated carbocycles. The van der Waals surface area contributed by atoms with E-state index < -0.39 is 11.6 Å². The van der Waals surface area contributed by atoms with Crippen molar-refractivity contribution in [2.24, 2.45) is 0 Å². The van der Waals surface area contributed by atoms with Gasteiger partial charge in [-0.1, -0.05) is 36.7 Å². The molecule has 0 saturated heterocycles. The highest BCUT2D eigenvalue weighted by molar-refractivity contribution is 9.10. The first-order chi connectivity index (χ1) is 9.27. The lowest BCUT2D eigenvalue weighted by atomic mass is 9.93. The summed E-state index contributed by atoms with van der Waals surface area (Å²) in [5.41, 5.74) is 0.833. The predicted octanol–water partition coefficient (Wildman–Crippen LogP) is 5.09. The summed E-state index contributed by atoms with van der Waals surface area (Å²) in [6, 6.07) is 2.46. The fourth-order valence-electron chi connectivity index (χ4n) is 1.61. The van der Waals surface area contributed by atoms with Crippen LogP contribution in [-0.2, 0) is 12.0 Å². The summed E-state index contributed by atoms with van der Waals surface area (Å²) in [6.45, 7) is 6.53. The van der Waals surface area contributed by atoms with Gasteiger partial charge in [-0.2, -0.15) is 0 Å². The van der Waals surface area contributed by atoms with Crippen LogP contribution in [0, 0.1) is 11.6 Å². The second-order valence-electron chi connectivity index (χ2n) is 5.47. The van der Waals surface area contributed by atoms with E-state index >= 15 is 0 Å². The number of halogens is 3. The molecule has 2 nitrogen and oxygen atoms in total. The van der Waals surface area contributed by atoms with E-state index in [0.717, 1.165) is 10.7 Å². The third-order valence-corrected chi connectivity index (χ3v) is 4.05. The van der Waals surface area contributed by atoms with Crippen molar-refractivity contribution in [3.63, 3.8) is 0 Å². The van der Waals surface area contributed by atoms with Crippen molar-refractivity contribution in [1.29, 1.82) is 0 Å². The molecule has 0 bridgehead atoms. The lowest BCUT2D eigenvalue weighted by Gasteiger charge is -2.14. The quantitative estimate of drug-likeness (QED) is 0.823. The molecular weight excluding hydrogens is 346 g/mol. The monoisotopic (exact) mass is 360 g/mol. The Labute approximate surface area is 129 Å². The van der Waals surface area contributed by atoms with Gasteiger partial charge in [0.25, 0.3) is 0 Å². The number of rotatable bonds is 3. The first kappa shape index (κ1) is 15.4. The molecular formula is C14H15BrF2N2S. The van der Waals surface area contributed by atoms with E-state index in [9.17, 15) is 8.78 Å². The Morgan fingerprint density at radius 2 is 1.85 bits per heavy atom. The smallest absolute Gasteiger partial charge is 0.150 e. The Morgan fingerprint density at radius 1 is 1.25 bits per heavy atom. The number of aromatic nitrogens is 1. The highest BCUT2D eigenvalue weighted by atomic mass is 79.9. The molecule has 0 aliphatic rings. The molecule has 0 aliphatic heterocycles. The van der Waals surface area contributed by atoms with E-state index in [1.807, 2.05) is 5.38 Å². The van der Waals surface area contributed by atoms with E-state index in [4.69, 9.17) is 0 Å². The summed E-state index contributed by atoms with van der Waals surface area (Å²) in [4.78, 5) is 4.48. The van der Waals surface area contributed by atoms with Crippen molar-refractivity contribution >= 4 is 33.0 Å². The third-order valence-electron chi connectivity index (χ3n) is 2.74. The molecule has 0 atom stereocenters. The second kappa shape index (κ2) is 5.77. The summed E-state index contributed by atoms with van der Waals surface area (Å²) in [5.74, 6) is -1.24.